The van der Waals surface area contributed by atoms with Gasteiger partial charge in [0.25, 0.3) is 0 Å². The number of carbonyl (C=O) groups excluding carboxylic acids is 3. The first-order chi connectivity index (χ1) is 44.7. The number of aryl methyl sites for hydroxylation is 2. The highest BCUT2D eigenvalue weighted by Crippen LogP contribution is 2.51. The first-order valence-electron chi connectivity index (χ1n) is 30.3. The molecule has 2 aliphatic carbocycles. The Labute approximate surface area is 560 Å². The van der Waals surface area contributed by atoms with Crippen LogP contribution in [0.25, 0.3) is 11.1 Å². The Bertz CT molecular complexity index is 4130. The number of amides is 2. The van der Waals surface area contributed by atoms with Gasteiger partial charge >= 0.3 is 37.9 Å². The van der Waals surface area contributed by atoms with E-state index in [2.05, 4.69) is 31.2 Å². The maximum atomic E-state index is 13.6. The minimum atomic E-state index is -4.78. The average Bonchev–Trinajstić information content (AvgIpc) is 1.76. The number of aromatic amines is 1. The largest absolute Gasteiger partial charge is 0.498 e. The van der Waals surface area contributed by atoms with Crippen molar-refractivity contribution in [2.75, 3.05) is 52.4 Å². The molecule has 1 N–H and O–H groups in total. The maximum Gasteiger partial charge on any atom is 0.498 e. The van der Waals surface area contributed by atoms with Crippen LogP contribution in [0.5, 0.6) is 0 Å². The molecule has 4 atom stereocenters. The Morgan fingerprint density at radius 1 is 0.588 bits per heavy atom. The van der Waals surface area contributed by atoms with Crippen molar-refractivity contribution in [1.82, 2.24) is 38.4 Å². The number of nitrogens with one attached hydrogen (secondary N) is 1. The Kier molecular flexibility index (Phi) is 20.7. The molecule has 3 aliphatic heterocycles. The lowest BCUT2D eigenvalue weighted by atomic mass is 9.79. The zero-order chi connectivity index (χ0) is 71.7. The zero-order valence-corrected chi connectivity index (χ0v) is 56.9. The van der Waals surface area contributed by atoms with E-state index in [1.165, 1.54) is 51.0 Å². The van der Waals surface area contributed by atoms with E-state index in [1.807, 2.05) is 55.4 Å². The summed E-state index contributed by atoms with van der Waals surface area (Å²) in [5.41, 5.74) is -1.63. The van der Waals surface area contributed by atoms with E-state index < -0.39 is 119 Å². The first-order valence-corrected chi connectivity index (χ1v) is 34.0. The summed E-state index contributed by atoms with van der Waals surface area (Å²) in [5, 5.41) is 10.6. The Hall–Kier alpha value is -6.85. The fraction of sp³-hybridized carbons (Fsp3) is 0.476. The van der Waals surface area contributed by atoms with E-state index in [-0.39, 0.29) is 86.0 Å². The van der Waals surface area contributed by atoms with Gasteiger partial charge in [0.05, 0.1) is 55.1 Å². The van der Waals surface area contributed by atoms with Crippen LogP contribution in [-0.2, 0) is 68.4 Å². The molecule has 0 radical (unpaired) electrons. The number of hydrogen-bond acceptors (Lipinski definition) is 12. The van der Waals surface area contributed by atoms with Crippen LogP contribution in [-0.4, -0.2) is 149 Å². The average molecular weight is 1480 g/mol. The summed E-state index contributed by atoms with van der Waals surface area (Å²) in [6, 6.07) is 14.5. The van der Waals surface area contributed by atoms with Gasteiger partial charge in [-0.3, -0.25) is 14.7 Å². The molecule has 5 aliphatic rings. The Balaban J connectivity index is 0.000000178. The molecule has 18 nitrogen and oxygen atoms in total. The first kappa shape index (κ1) is 74.4. The van der Waals surface area contributed by atoms with Gasteiger partial charge in [-0.2, -0.15) is 76.2 Å². The Morgan fingerprint density at radius 2 is 0.990 bits per heavy atom. The number of carbonyl (C=O) groups is 3. The molecule has 2 saturated carbocycles. The fourth-order valence-electron chi connectivity index (χ4n) is 11.2. The van der Waals surface area contributed by atoms with Crippen LogP contribution in [0.15, 0.2) is 112 Å². The quantitative estimate of drug-likeness (QED) is 0.100. The molecule has 3 saturated heterocycles. The van der Waals surface area contributed by atoms with E-state index in [0.717, 1.165) is 56.5 Å². The van der Waals surface area contributed by atoms with Gasteiger partial charge in [-0.1, -0.05) is 40.2 Å². The predicted molar refractivity (Wildman–Crippen MR) is 332 cm³/mol. The number of sulfonamides is 2. The smallest absolute Gasteiger partial charge is 0.442 e. The molecule has 0 bridgehead atoms. The molecule has 5 heterocycles. The van der Waals surface area contributed by atoms with Crippen molar-refractivity contribution in [2.24, 2.45) is 11.8 Å². The molecule has 2 amide bonds. The topological polar surface area (TPSA) is 207 Å². The van der Waals surface area contributed by atoms with E-state index >= 15 is 0 Å². The molecule has 11 rings (SSSR count). The number of halogens is 13. The number of ether oxygens (including phenoxy) is 1. The van der Waals surface area contributed by atoms with Crippen molar-refractivity contribution in [1.29, 1.82) is 0 Å². The monoisotopic (exact) mass is 1480 g/mol. The summed E-state index contributed by atoms with van der Waals surface area (Å²) in [6.45, 7) is 16.6. The third-order valence-corrected chi connectivity index (χ3v) is 21.7. The van der Waals surface area contributed by atoms with E-state index in [0.29, 0.717) is 53.1 Å². The zero-order valence-electron chi connectivity index (χ0n) is 53.6. The van der Waals surface area contributed by atoms with Crippen LogP contribution < -0.4 is 5.46 Å². The van der Waals surface area contributed by atoms with Gasteiger partial charge in [0.15, 0.2) is 0 Å². The molecule has 5 fully saturated rings. The van der Waals surface area contributed by atoms with Gasteiger partial charge in [-0.15, -0.1) is 0 Å². The highest BCUT2D eigenvalue weighted by Gasteiger charge is 2.53. The van der Waals surface area contributed by atoms with Crippen LogP contribution in [0, 0.1) is 25.7 Å². The SMILES string of the molecule is Cc1[nH]ncc1-c1cc(C(F)(F)F)cc(S(=O)(=O)N2CCN(C(=O)C3CC3c3ccc(C(F)(F)F)cc3)CC2)c1.Cc1nn(C(=O)OC(C)(C)C)cc1B1OC(C)(C)C(C)(C)O1.O=C(C1CC1c1ccc(C(F)(F)F)cc1)N1CCN(S(=O)(=O)c2cc(Br)cc(C(F)(F)F)c2)CC1. The van der Waals surface area contributed by atoms with Gasteiger partial charge in [0.1, 0.15) is 5.60 Å². The number of aromatic nitrogens is 4. The summed E-state index contributed by atoms with van der Waals surface area (Å²) in [5.74, 6) is -1.66. The van der Waals surface area contributed by atoms with Crippen molar-refractivity contribution in [3.05, 3.63) is 147 Å². The standard InChI is InChI=1S/C26H24F6N4O3S.C22H19BrF6N2O3S.C15H25BN2O4/c1-15-23(14-33-34-15)17-10-19(26(30,31)32)12-20(11-17)40(38,39)36-8-6-35(7-9-36)24(37)22-13-21(22)16-2-4-18(5-3-16)25(27,28)29;23-16-9-15(22(27,28)29)10-17(11-16)35(33,34)31-7-5-30(6-8-31)20(32)19-12-18(19)13-1-3-14(4-2-13)21(24,25)26;1-10-11(16-21-14(5,6)15(7,8)22-16)9-18(17-10)12(19)20-13(2,3)4/h2-5,10-12,14,21-22H,6-9,13H2,1H3,(H,33,34);1-4,9-11,18-19H,5-8,12H2;9H,1-8H3. The summed E-state index contributed by atoms with van der Waals surface area (Å²) < 4.78 is 230. The summed E-state index contributed by atoms with van der Waals surface area (Å²) in [4.78, 5) is 39.9. The summed E-state index contributed by atoms with van der Waals surface area (Å²) >= 11 is 2.92. The molecule has 34 heteroatoms. The fourth-order valence-corrected chi connectivity index (χ4v) is 14.9. The lowest BCUT2D eigenvalue weighted by Gasteiger charge is -2.34. The van der Waals surface area contributed by atoms with Crippen molar-refractivity contribution in [3.63, 3.8) is 0 Å². The van der Waals surface area contributed by atoms with Crippen LogP contribution >= 0.6 is 15.9 Å². The number of H-pyrrole nitrogens is 1. The minimum Gasteiger partial charge on any atom is -0.442 e. The molecule has 4 aromatic carbocycles. The lowest BCUT2D eigenvalue weighted by molar-refractivity contribution is -0.138. The number of piperazine rings is 2. The number of hydrogen-bond donors (Lipinski definition) is 1. The van der Waals surface area contributed by atoms with E-state index in [9.17, 15) is 83.9 Å². The molecular formula is C63H68BBrF12N8O10S2. The third-order valence-electron chi connectivity index (χ3n) is 17.5. The molecular weight excluding hydrogens is 1410 g/mol. The number of rotatable bonds is 10. The molecule has 6 aromatic rings. The summed E-state index contributed by atoms with van der Waals surface area (Å²) in [6.07, 6.45) is -15.0. The normalized spacial score (nSPS) is 20.9. The molecule has 0 spiro atoms. The molecule has 526 valence electrons. The van der Waals surface area contributed by atoms with Crippen LogP contribution in [0.3, 0.4) is 0 Å². The van der Waals surface area contributed by atoms with Gasteiger partial charge in [-0.25, -0.2) is 21.6 Å². The lowest BCUT2D eigenvalue weighted by Crippen LogP contribution is -2.51. The highest BCUT2D eigenvalue weighted by atomic mass is 79.9. The van der Waals surface area contributed by atoms with Crippen LogP contribution in [0.2, 0.25) is 0 Å². The van der Waals surface area contributed by atoms with Gasteiger partial charge in [0, 0.05) is 91.6 Å². The van der Waals surface area contributed by atoms with Gasteiger partial charge in [0.2, 0.25) is 31.9 Å². The van der Waals surface area contributed by atoms with E-state index in [1.54, 1.807) is 13.1 Å². The minimum absolute atomic E-state index is 0.0252. The highest BCUT2D eigenvalue weighted by molar-refractivity contribution is 9.10. The second kappa shape index (κ2) is 27.0. The van der Waals surface area contributed by atoms with Crippen LogP contribution in [0.1, 0.15) is 118 Å². The number of nitrogens with zero attached hydrogens (tertiary/aromatic N) is 7. The molecule has 97 heavy (non-hydrogen) atoms. The number of alkyl halides is 12. The second-order valence-electron chi connectivity index (χ2n) is 26.1. The number of benzene rings is 4. The van der Waals surface area contributed by atoms with Crippen molar-refractivity contribution >= 4 is 66.5 Å². The predicted octanol–water partition coefficient (Wildman–Crippen LogP) is 12.5. The Morgan fingerprint density at radius 3 is 1.37 bits per heavy atom. The van der Waals surface area contributed by atoms with E-state index in [4.69, 9.17) is 14.0 Å². The van der Waals surface area contributed by atoms with Gasteiger partial charge in [-0.05, 0) is 164 Å². The molecule has 2 aromatic heterocycles. The maximum absolute atomic E-state index is 13.6. The van der Waals surface area contributed by atoms with Crippen molar-refractivity contribution in [3.8, 4) is 11.1 Å². The van der Waals surface area contributed by atoms with Gasteiger partial charge < -0.3 is 23.8 Å². The van der Waals surface area contributed by atoms with Crippen molar-refractivity contribution < 1.29 is 97.9 Å². The van der Waals surface area contributed by atoms with Crippen molar-refractivity contribution in [2.45, 2.75) is 138 Å². The third kappa shape index (κ3) is 17.1. The molecule has 4 unspecified atom stereocenters. The second-order valence-corrected chi connectivity index (χ2v) is 30.9. The summed E-state index contributed by atoms with van der Waals surface area (Å²) in [7, 11) is -9.08. The van der Waals surface area contributed by atoms with Crippen LogP contribution in [0.4, 0.5) is 57.5 Å².